The maximum Gasteiger partial charge on any atom is 0.258 e. The van der Waals surface area contributed by atoms with Crippen LogP contribution < -0.4 is 4.90 Å². The van der Waals surface area contributed by atoms with E-state index in [1.165, 1.54) is 11.1 Å². The average Bonchev–Trinajstić information content (AvgIpc) is 2.62. The molecule has 1 amide bonds. The number of aryl methyl sites for hydroxylation is 1. The van der Waals surface area contributed by atoms with Crippen LogP contribution in [-0.2, 0) is 6.42 Å². The molecule has 0 spiro atoms. The Balaban J connectivity index is 2.28. The molecule has 0 N–H and O–H groups in total. The number of carbonyl (C=O) groups is 1. The molecule has 2 nitrogen and oxygen atoms in total. The van der Waals surface area contributed by atoms with Crippen LogP contribution in [0, 0.1) is 0 Å². The fourth-order valence-corrected chi connectivity index (χ4v) is 3.30. The van der Waals surface area contributed by atoms with Crippen LogP contribution in [0.2, 0.25) is 0 Å². The van der Waals surface area contributed by atoms with Crippen molar-refractivity contribution in [1.82, 2.24) is 0 Å². The summed E-state index contributed by atoms with van der Waals surface area (Å²) in [6.45, 7) is 4.31. The molecule has 108 valence electrons. The number of benzene rings is 2. The zero-order valence-electron chi connectivity index (χ0n) is 12.9. The van der Waals surface area contributed by atoms with E-state index in [0.717, 1.165) is 29.7 Å². The van der Waals surface area contributed by atoms with Crippen LogP contribution in [0.3, 0.4) is 0 Å². The van der Waals surface area contributed by atoms with Gasteiger partial charge in [-0.25, -0.2) is 0 Å². The minimum Gasteiger partial charge on any atom is -0.311 e. The highest BCUT2D eigenvalue weighted by atomic mass is 16.2. The first-order valence-electron chi connectivity index (χ1n) is 7.67. The third-order valence-electron chi connectivity index (χ3n) is 4.52. The van der Waals surface area contributed by atoms with Crippen molar-refractivity contribution in [2.45, 2.75) is 32.6 Å². The van der Waals surface area contributed by atoms with E-state index < -0.39 is 0 Å². The second-order valence-corrected chi connectivity index (χ2v) is 5.66. The number of amides is 1. The summed E-state index contributed by atoms with van der Waals surface area (Å²) in [6, 6.07) is 14.6. The van der Waals surface area contributed by atoms with Crippen LogP contribution in [0.4, 0.5) is 5.69 Å². The minimum absolute atomic E-state index is 0.101. The van der Waals surface area contributed by atoms with Crippen LogP contribution in [0.15, 0.2) is 42.5 Å². The predicted octanol–water partition coefficient (Wildman–Crippen LogP) is 4.38. The topological polar surface area (TPSA) is 20.3 Å². The van der Waals surface area contributed by atoms with Gasteiger partial charge in [0.25, 0.3) is 5.91 Å². The van der Waals surface area contributed by atoms with Crippen LogP contribution in [0.5, 0.6) is 0 Å². The standard InChI is InChI=1S/C19H21NO/c1-4-13-10-11-15-14(5-2)16-8-6-7-9-18(16)20(3)19(21)17(15)12-13/h6-12,14H,4-5H2,1-3H3. The van der Waals surface area contributed by atoms with E-state index in [2.05, 4.69) is 44.2 Å². The molecule has 21 heavy (non-hydrogen) atoms. The lowest BCUT2D eigenvalue weighted by Crippen LogP contribution is -2.26. The summed E-state index contributed by atoms with van der Waals surface area (Å²) >= 11 is 0. The zero-order valence-corrected chi connectivity index (χ0v) is 12.9. The molecule has 0 bridgehead atoms. The summed E-state index contributed by atoms with van der Waals surface area (Å²) in [6.07, 6.45) is 1.95. The first-order chi connectivity index (χ1) is 10.2. The van der Waals surface area contributed by atoms with E-state index in [-0.39, 0.29) is 11.8 Å². The lowest BCUT2D eigenvalue weighted by Gasteiger charge is -2.19. The molecule has 1 unspecified atom stereocenters. The first-order valence-corrected chi connectivity index (χ1v) is 7.67. The van der Waals surface area contributed by atoms with Crippen molar-refractivity contribution in [3.8, 4) is 0 Å². The van der Waals surface area contributed by atoms with Crippen LogP contribution in [0.1, 0.15) is 53.2 Å². The Kier molecular flexibility index (Phi) is 3.54. The molecule has 0 aliphatic carbocycles. The van der Waals surface area contributed by atoms with Crippen molar-refractivity contribution in [2.75, 3.05) is 11.9 Å². The second kappa shape index (κ2) is 5.36. The Labute approximate surface area is 126 Å². The molecule has 2 heteroatoms. The van der Waals surface area contributed by atoms with Gasteiger partial charge in [0.05, 0.1) is 0 Å². The van der Waals surface area contributed by atoms with E-state index in [1.54, 1.807) is 4.90 Å². The molecule has 0 fully saturated rings. The largest absolute Gasteiger partial charge is 0.311 e. The highest BCUT2D eigenvalue weighted by molar-refractivity contribution is 6.08. The monoisotopic (exact) mass is 279 g/mol. The highest BCUT2D eigenvalue weighted by Gasteiger charge is 2.29. The molecule has 1 atom stereocenters. The van der Waals surface area contributed by atoms with Gasteiger partial charge in [0, 0.05) is 24.2 Å². The van der Waals surface area contributed by atoms with Gasteiger partial charge in [-0.1, -0.05) is 44.2 Å². The van der Waals surface area contributed by atoms with Crippen LogP contribution in [-0.4, -0.2) is 13.0 Å². The van der Waals surface area contributed by atoms with Crippen molar-refractivity contribution in [1.29, 1.82) is 0 Å². The minimum atomic E-state index is 0.101. The summed E-state index contributed by atoms with van der Waals surface area (Å²) < 4.78 is 0. The third-order valence-corrected chi connectivity index (χ3v) is 4.52. The molecule has 0 saturated heterocycles. The molecule has 1 heterocycles. The summed E-state index contributed by atoms with van der Waals surface area (Å²) in [5, 5.41) is 0. The first kappa shape index (κ1) is 13.9. The molecule has 2 aromatic rings. The molecular formula is C19H21NO. The smallest absolute Gasteiger partial charge is 0.258 e. The van der Waals surface area contributed by atoms with Gasteiger partial charge >= 0.3 is 0 Å². The van der Waals surface area contributed by atoms with E-state index >= 15 is 0 Å². The quantitative estimate of drug-likeness (QED) is 0.799. The highest BCUT2D eigenvalue weighted by Crippen LogP contribution is 2.39. The number of carbonyl (C=O) groups excluding carboxylic acids is 1. The van der Waals surface area contributed by atoms with Crippen molar-refractivity contribution >= 4 is 11.6 Å². The number of nitrogens with zero attached hydrogens (tertiary/aromatic N) is 1. The molecular weight excluding hydrogens is 258 g/mol. The molecule has 0 saturated carbocycles. The maximum absolute atomic E-state index is 12.9. The van der Waals surface area contributed by atoms with Crippen molar-refractivity contribution in [3.63, 3.8) is 0 Å². The lowest BCUT2D eigenvalue weighted by molar-refractivity contribution is 0.0993. The van der Waals surface area contributed by atoms with Gasteiger partial charge in [-0.15, -0.1) is 0 Å². The fraction of sp³-hybridized carbons (Fsp3) is 0.316. The van der Waals surface area contributed by atoms with Gasteiger partial charge in [0.1, 0.15) is 0 Å². The number of anilines is 1. The predicted molar refractivity (Wildman–Crippen MR) is 87.1 cm³/mol. The van der Waals surface area contributed by atoms with Gasteiger partial charge in [-0.3, -0.25) is 4.79 Å². The number of rotatable bonds is 2. The molecule has 3 rings (SSSR count). The third kappa shape index (κ3) is 2.15. The Hall–Kier alpha value is -2.09. The van der Waals surface area contributed by atoms with E-state index in [4.69, 9.17) is 0 Å². The number of para-hydroxylation sites is 1. The molecule has 0 aromatic heterocycles. The summed E-state index contributed by atoms with van der Waals surface area (Å²) in [7, 11) is 1.88. The molecule has 2 aromatic carbocycles. The van der Waals surface area contributed by atoms with E-state index in [1.807, 2.05) is 19.2 Å². The summed E-state index contributed by atoms with van der Waals surface area (Å²) in [4.78, 5) is 14.6. The summed E-state index contributed by atoms with van der Waals surface area (Å²) in [5.41, 5.74) is 5.52. The Morgan fingerprint density at radius 1 is 1.05 bits per heavy atom. The Morgan fingerprint density at radius 2 is 1.81 bits per heavy atom. The molecule has 1 aliphatic heterocycles. The Bertz CT molecular complexity index is 690. The normalized spacial score (nSPS) is 17.2. The zero-order chi connectivity index (χ0) is 15.0. The molecule has 0 radical (unpaired) electrons. The lowest BCUT2D eigenvalue weighted by atomic mass is 9.85. The maximum atomic E-state index is 12.9. The average molecular weight is 279 g/mol. The van der Waals surface area contributed by atoms with Gasteiger partial charge < -0.3 is 4.90 Å². The molecule has 1 aliphatic rings. The van der Waals surface area contributed by atoms with Gasteiger partial charge in [-0.05, 0) is 41.7 Å². The van der Waals surface area contributed by atoms with Crippen molar-refractivity contribution in [3.05, 3.63) is 64.7 Å². The van der Waals surface area contributed by atoms with Crippen molar-refractivity contribution in [2.24, 2.45) is 0 Å². The number of hydrogen-bond acceptors (Lipinski definition) is 1. The number of hydrogen-bond donors (Lipinski definition) is 0. The van der Waals surface area contributed by atoms with Gasteiger partial charge in [-0.2, -0.15) is 0 Å². The summed E-state index contributed by atoms with van der Waals surface area (Å²) in [5.74, 6) is 0.389. The number of fused-ring (bicyclic) bond motifs is 2. The Morgan fingerprint density at radius 3 is 2.52 bits per heavy atom. The van der Waals surface area contributed by atoms with Gasteiger partial charge in [0.15, 0.2) is 0 Å². The van der Waals surface area contributed by atoms with E-state index in [0.29, 0.717) is 0 Å². The SMILES string of the molecule is CCc1ccc2c(c1)C(=O)N(C)c1ccccc1C2CC. The van der Waals surface area contributed by atoms with Crippen LogP contribution in [0.25, 0.3) is 0 Å². The van der Waals surface area contributed by atoms with E-state index in [9.17, 15) is 4.79 Å². The van der Waals surface area contributed by atoms with Gasteiger partial charge in [0.2, 0.25) is 0 Å². The fourth-order valence-electron chi connectivity index (χ4n) is 3.30. The second-order valence-electron chi connectivity index (χ2n) is 5.66. The van der Waals surface area contributed by atoms with Crippen LogP contribution >= 0.6 is 0 Å². The van der Waals surface area contributed by atoms with Crippen molar-refractivity contribution < 1.29 is 4.79 Å².